The van der Waals surface area contributed by atoms with Crippen LogP contribution in [0.5, 0.6) is 0 Å². The van der Waals surface area contributed by atoms with Crippen molar-refractivity contribution in [2.24, 2.45) is 34.5 Å². The number of epoxide rings is 1. The van der Waals surface area contributed by atoms with Crippen LogP contribution in [-0.2, 0) is 19.0 Å². The standard InChI is InChI=1S/C26H36O4/c1-15(29-22-6-4-5-13-28-22)18-9-10-19-17-8-7-16-14-21(27)23-24(30-23)26(16,3)20(17)11-12-25(18,19)2/h7-8,14-15,17-20,22-24H,4-6,9-13H2,1-3H3/t15-,17+,18-,19+,20+,22?,23+,24+,25-,26+/m1/s1. The Labute approximate surface area is 180 Å². The van der Waals surface area contributed by atoms with E-state index in [1.807, 2.05) is 6.08 Å². The average molecular weight is 413 g/mol. The average Bonchev–Trinajstić information content (AvgIpc) is 3.47. The van der Waals surface area contributed by atoms with Crippen LogP contribution in [0, 0.1) is 34.5 Å². The van der Waals surface area contributed by atoms with Gasteiger partial charge in [0, 0.05) is 12.0 Å². The summed E-state index contributed by atoms with van der Waals surface area (Å²) in [4.78, 5) is 12.2. The normalized spacial score (nSPS) is 52.6. The lowest BCUT2D eigenvalue weighted by Crippen LogP contribution is -2.52. The first-order valence-electron chi connectivity index (χ1n) is 12.3. The molecule has 0 aromatic heterocycles. The number of rotatable bonds is 3. The van der Waals surface area contributed by atoms with Crippen molar-refractivity contribution in [3.63, 3.8) is 0 Å². The molecule has 0 aromatic carbocycles. The van der Waals surface area contributed by atoms with E-state index >= 15 is 0 Å². The number of carbonyl (C=O) groups is 1. The lowest BCUT2D eigenvalue weighted by Gasteiger charge is -2.56. The summed E-state index contributed by atoms with van der Waals surface area (Å²) in [5, 5.41) is 0. The Hall–Kier alpha value is -0.970. The Morgan fingerprint density at radius 2 is 2.00 bits per heavy atom. The molecule has 164 valence electrons. The molecule has 2 heterocycles. The van der Waals surface area contributed by atoms with Gasteiger partial charge in [-0.25, -0.2) is 0 Å². The molecule has 0 amide bonds. The van der Waals surface area contributed by atoms with Crippen LogP contribution >= 0.6 is 0 Å². The van der Waals surface area contributed by atoms with Gasteiger partial charge in [-0.15, -0.1) is 0 Å². The largest absolute Gasteiger partial charge is 0.360 e. The third-order valence-corrected chi connectivity index (χ3v) is 10.0. The second-order valence-corrected chi connectivity index (χ2v) is 11.3. The summed E-state index contributed by atoms with van der Waals surface area (Å²) in [6, 6.07) is 0. The van der Waals surface area contributed by atoms with Gasteiger partial charge in [0.1, 0.15) is 12.2 Å². The SMILES string of the molecule is C[C@@H](OC1CCCCO1)[C@H]1CC[C@H]2[C@@H]3C=CC4=CC(=O)[C@@H]5O[C@@H]5[C@]4(C)[C@H]3CC[C@]12C. The highest BCUT2D eigenvalue weighted by Crippen LogP contribution is 2.67. The second-order valence-electron chi connectivity index (χ2n) is 11.3. The summed E-state index contributed by atoms with van der Waals surface area (Å²) in [5.74, 6) is 2.65. The van der Waals surface area contributed by atoms with Crippen LogP contribution in [0.4, 0.5) is 0 Å². The lowest BCUT2D eigenvalue weighted by molar-refractivity contribution is -0.204. The maximum Gasteiger partial charge on any atom is 0.187 e. The van der Waals surface area contributed by atoms with Gasteiger partial charge in [0.2, 0.25) is 0 Å². The monoisotopic (exact) mass is 412 g/mol. The maximum atomic E-state index is 12.2. The molecule has 4 aliphatic carbocycles. The van der Waals surface area contributed by atoms with E-state index in [0.29, 0.717) is 29.1 Å². The molecule has 0 aromatic rings. The third-order valence-electron chi connectivity index (χ3n) is 10.0. The van der Waals surface area contributed by atoms with Crippen LogP contribution in [0.25, 0.3) is 0 Å². The Bertz CT molecular complexity index is 795. The Morgan fingerprint density at radius 3 is 2.80 bits per heavy atom. The van der Waals surface area contributed by atoms with Crippen molar-refractivity contribution in [1.29, 1.82) is 0 Å². The predicted octanol–water partition coefficient (Wildman–Crippen LogP) is 4.83. The fourth-order valence-corrected chi connectivity index (χ4v) is 8.33. The van der Waals surface area contributed by atoms with Gasteiger partial charge < -0.3 is 14.2 Å². The molecule has 10 atom stereocenters. The maximum absolute atomic E-state index is 12.2. The predicted molar refractivity (Wildman–Crippen MR) is 114 cm³/mol. The first-order valence-corrected chi connectivity index (χ1v) is 12.3. The van der Waals surface area contributed by atoms with E-state index in [2.05, 4.69) is 32.9 Å². The highest BCUT2D eigenvalue weighted by molar-refractivity contribution is 5.98. The first kappa shape index (κ1) is 19.7. The molecule has 0 radical (unpaired) electrons. The minimum Gasteiger partial charge on any atom is -0.360 e. The topological polar surface area (TPSA) is 48.1 Å². The number of hydrogen-bond acceptors (Lipinski definition) is 4. The molecule has 2 saturated heterocycles. The van der Waals surface area contributed by atoms with E-state index in [1.165, 1.54) is 44.1 Å². The van der Waals surface area contributed by atoms with E-state index in [0.717, 1.165) is 13.0 Å². The molecule has 1 unspecified atom stereocenters. The van der Waals surface area contributed by atoms with E-state index in [-0.39, 0.29) is 35.8 Å². The van der Waals surface area contributed by atoms with E-state index in [9.17, 15) is 4.79 Å². The Morgan fingerprint density at radius 1 is 1.13 bits per heavy atom. The summed E-state index contributed by atoms with van der Waals surface area (Å²) >= 11 is 0. The Kier molecular flexibility index (Phi) is 4.44. The minimum atomic E-state index is -0.167. The van der Waals surface area contributed by atoms with Gasteiger partial charge >= 0.3 is 0 Å². The number of ketones is 1. The molecule has 0 N–H and O–H groups in total. The van der Waals surface area contributed by atoms with Crippen molar-refractivity contribution in [1.82, 2.24) is 0 Å². The molecule has 4 fully saturated rings. The first-order chi connectivity index (χ1) is 14.4. The summed E-state index contributed by atoms with van der Waals surface area (Å²) in [5.41, 5.74) is 1.55. The van der Waals surface area contributed by atoms with Gasteiger partial charge in [-0.1, -0.05) is 26.0 Å². The van der Waals surface area contributed by atoms with Crippen LogP contribution < -0.4 is 0 Å². The zero-order chi connectivity index (χ0) is 20.7. The van der Waals surface area contributed by atoms with Gasteiger partial charge in [0.15, 0.2) is 12.1 Å². The molecular formula is C26H36O4. The molecule has 2 aliphatic heterocycles. The summed E-state index contributed by atoms with van der Waals surface area (Å²) in [7, 11) is 0. The molecule has 2 saturated carbocycles. The van der Waals surface area contributed by atoms with Crippen molar-refractivity contribution < 1.29 is 19.0 Å². The van der Waals surface area contributed by atoms with Gasteiger partial charge in [-0.2, -0.15) is 0 Å². The highest BCUT2D eigenvalue weighted by atomic mass is 16.7. The number of allylic oxidation sites excluding steroid dienone is 2. The molecule has 4 nitrogen and oxygen atoms in total. The number of hydrogen-bond donors (Lipinski definition) is 0. The van der Waals surface area contributed by atoms with Crippen molar-refractivity contribution in [3.05, 3.63) is 23.8 Å². The zero-order valence-electron chi connectivity index (χ0n) is 18.6. The van der Waals surface area contributed by atoms with Crippen LogP contribution in [0.1, 0.15) is 65.7 Å². The van der Waals surface area contributed by atoms with Gasteiger partial charge in [-0.3, -0.25) is 4.79 Å². The number of carbonyl (C=O) groups excluding carboxylic acids is 1. The summed E-state index contributed by atoms with van der Waals surface area (Å²) in [6.45, 7) is 8.04. The van der Waals surface area contributed by atoms with Crippen LogP contribution in [0.3, 0.4) is 0 Å². The van der Waals surface area contributed by atoms with E-state index in [1.54, 1.807) is 0 Å². The third kappa shape index (κ3) is 2.66. The van der Waals surface area contributed by atoms with Crippen LogP contribution in [-0.4, -0.2) is 37.0 Å². The van der Waals surface area contributed by atoms with E-state index < -0.39 is 0 Å². The molecule has 0 spiro atoms. The summed E-state index contributed by atoms with van der Waals surface area (Å²) < 4.78 is 18.3. The second kappa shape index (κ2) is 6.76. The number of fused-ring (bicyclic) bond motifs is 7. The fourth-order valence-electron chi connectivity index (χ4n) is 8.33. The molecule has 4 heteroatoms. The van der Waals surface area contributed by atoms with Gasteiger partial charge in [-0.05, 0) is 92.6 Å². The van der Waals surface area contributed by atoms with E-state index in [4.69, 9.17) is 14.2 Å². The van der Waals surface area contributed by atoms with Gasteiger partial charge in [0.25, 0.3) is 0 Å². The quantitative estimate of drug-likeness (QED) is 0.623. The van der Waals surface area contributed by atoms with Crippen molar-refractivity contribution >= 4 is 5.78 Å². The van der Waals surface area contributed by atoms with Crippen LogP contribution in [0.2, 0.25) is 0 Å². The van der Waals surface area contributed by atoms with Crippen LogP contribution in [0.15, 0.2) is 23.8 Å². The molecule has 0 bridgehead atoms. The zero-order valence-corrected chi connectivity index (χ0v) is 18.6. The smallest absolute Gasteiger partial charge is 0.187 e. The van der Waals surface area contributed by atoms with Gasteiger partial charge in [0.05, 0.1) is 6.10 Å². The lowest BCUT2D eigenvalue weighted by atomic mass is 9.48. The fraction of sp³-hybridized carbons (Fsp3) is 0.808. The molecule has 6 rings (SSSR count). The molecular weight excluding hydrogens is 376 g/mol. The number of ether oxygens (including phenoxy) is 3. The highest BCUT2D eigenvalue weighted by Gasteiger charge is 2.66. The minimum absolute atomic E-state index is 0.00218. The van der Waals surface area contributed by atoms with Crippen molar-refractivity contribution in [2.75, 3.05) is 6.61 Å². The molecule has 30 heavy (non-hydrogen) atoms. The Balaban J connectivity index is 1.25. The molecule has 6 aliphatic rings. The van der Waals surface area contributed by atoms with Crippen molar-refractivity contribution in [2.45, 2.75) is 90.3 Å². The van der Waals surface area contributed by atoms with Crippen molar-refractivity contribution in [3.8, 4) is 0 Å². The summed E-state index contributed by atoms with van der Waals surface area (Å²) in [6.07, 6.45) is 15.2.